The van der Waals surface area contributed by atoms with Crippen LogP contribution in [0.1, 0.15) is 49.4 Å². The Labute approximate surface area is 161 Å². The van der Waals surface area contributed by atoms with Crippen molar-refractivity contribution in [2.45, 2.75) is 50.7 Å². The molecule has 4 saturated carbocycles. The van der Waals surface area contributed by atoms with Gasteiger partial charge in [0.15, 0.2) is 5.65 Å². The number of rotatable bonds is 4. The summed E-state index contributed by atoms with van der Waals surface area (Å²) in [5, 5.41) is 18.0. The highest BCUT2D eigenvalue weighted by Crippen LogP contribution is 2.56. The number of oxime groups is 1. The number of aromatic amines is 1. The van der Waals surface area contributed by atoms with Crippen LogP contribution in [0.4, 0.5) is 5.69 Å². The van der Waals surface area contributed by atoms with Gasteiger partial charge in [-0.25, -0.2) is 14.8 Å². The second-order valence-electron chi connectivity index (χ2n) is 8.62. The van der Waals surface area contributed by atoms with E-state index in [0.29, 0.717) is 34.6 Å². The van der Waals surface area contributed by atoms with Crippen molar-refractivity contribution >= 4 is 28.7 Å². The van der Waals surface area contributed by atoms with Crippen molar-refractivity contribution in [3.63, 3.8) is 0 Å². The first-order valence-electron chi connectivity index (χ1n) is 9.74. The van der Waals surface area contributed by atoms with Gasteiger partial charge in [-0.3, -0.25) is 0 Å². The zero-order valence-corrected chi connectivity index (χ0v) is 15.7. The van der Waals surface area contributed by atoms with Crippen molar-refractivity contribution in [2.24, 2.45) is 28.6 Å². The molecule has 1 unspecified atom stereocenters. The first-order valence-corrected chi connectivity index (χ1v) is 9.74. The Kier molecular flexibility index (Phi) is 3.84. The standard InChI is InChI=1S/C19H24N6O3/c1-9(20)25-28-18(26)13-7-21-17-16(22-8-23-17)15(13)24-14-11-2-10-3-12(14)6-19(27,4-10)5-11/h7-8,10-12,14,27H,2-6H2,1H3,(H2,20,25)(H2,21,22,23,24)/t10?,11-,12+,14+,19-. The van der Waals surface area contributed by atoms with Crippen LogP contribution in [0.5, 0.6) is 0 Å². The van der Waals surface area contributed by atoms with Crippen LogP contribution in [0.2, 0.25) is 0 Å². The Morgan fingerprint density at radius 2 is 2.11 bits per heavy atom. The van der Waals surface area contributed by atoms with Gasteiger partial charge in [0.2, 0.25) is 0 Å². The molecule has 4 aliphatic carbocycles. The molecule has 0 saturated heterocycles. The number of imidazole rings is 1. The normalized spacial score (nSPS) is 34.0. The van der Waals surface area contributed by atoms with Gasteiger partial charge < -0.3 is 26.0 Å². The van der Waals surface area contributed by atoms with E-state index in [2.05, 4.69) is 25.4 Å². The van der Waals surface area contributed by atoms with Gasteiger partial charge in [-0.05, 0) is 56.8 Å². The number of hydrogen-bond donors (Lipinski definition) is 4. The first kappa shape index (κ1) is 17.4. The highest BCUT2D eigenvalue weighted by molar-refractivity contribution is 6.03. The fraction of sp³-hybridized carbons (Fsp3) is 0.579. The molecule has 2 aromatic rings. The van der Waals surface area contributed by atoms with Gasteiger partial charge in [0.25, 0.3) is 0 Å². The van der Waals surface area contributed by atoms with E-state index in [1.165, 1.54) is 6.20 Å². The molecule has 5 atom stereocenters. The topological polar surface area (TPSA) is 139 Å². The van der Waals surface area contributed by atoms with E-state index in [1.807, 2.05) is 0 Å². The highest BCUT2D eigenvalue weighted by atomic mass is 16.7. The molecular formula is C19H24N6O3. The van der Waals surface area contributed by atoms with Crippen molar-refractivity contribution in [1.29, 1.82) is 0 Å². The van der Waals surface area contributed by atoms with Gasteiger partial charge in [-0.1, -0.05) is 5.16 Å². The first-order chi connectivity index (χ1) is 13.4. The molecule has 4 bridgehead atoms. The summed E-state index contributed by atoms with van der Waals surface area (Å²) in [4.78, 5) is 29.1. The Morgan fingerprint density at radius 1 is 1.36 bits per heavy atom. The second kappa shape index (κ2) is 6.16. The lowest BCUT2D eigenvalue weighted by Gasteiger charge is -2.58. The summed E-state index contributed by atoms with van der Waals surface area (Å²) in [6.45, 7) is 1.54. The Morgan fingerprint density at radius 3 is 2.79 bits per heavy atom. The summed E-state index contributed by atoms with van der Waals surface area (Å²) in [5.41, 5.74) is 7.03. The van der Waals surface area contributed by atoms with Crippen LogP contribution in [0.25, 0.3) is 11.2 Å². The minimum Gasteiger partial charge on any atom is -0.390 e. The third-order valence-electron chi connectivity index (χ3n) is 6.49. The van der Waals surface area contributed by atoms with Crippen molar-refractivity contribution in [2.75, 3.05) is 5.32 Å². The zero-order chi connectivity index (χ0) is 19.5. The Balaban J connectivity index is 1.50. The van der Waals surface area contributed by atoms with Gasteiger partial charge in [0, 0.05) is 12.2 Å². The average Bonchev–Trinajstić information content (AvgIpc) is 3.10. The lowest BCUT2D eigenvalue weighted by atomic mass is 9.52. The minimum absolute atomic E-state index is 0.158. The van der Waals surface area contributed by atoms with E-state index in [0.717, 1.165) is 32.1 Å². The van der Waals surface area contributed by atoms with Crippen LogP contribution in [0.3, 0.4) is 0 Å². The molecule has 148 valence electrons. The maximum atomic E-state index is 12.6. The molecule has 2 heterocycles. The number of nitrogens with zero attached hydrogens (tertiary/aromatic N) is 3. The number of anilines is 1. The summed E-state index contributed by atoms with van der Waals surface area (Å²) < 4.78 is 0. The number of hydrogen-bond acceptors (Lipinski definition) is 7. The fourth-order valence-corrected chi connectivity index (χ4v) is 5.74. The lowest BCUT2D eigenvalue weighted by molar-refractivity contribution is -0.129. The largest absolute Gasteiger partial charge is 0.390 e. The van der Waals surface area contributed by atoms with Crippen LogP contribution >= 0.6 is 0 Å². The molecule has 0 spiro atoms. The van der Waals surface area contributed by atoms with Crippen LogP contribution in [-0.4, -0.2) is 43.5 Å². The minimum atomic E-state index is -0.632. The van der Waals surface area contributed by atoms with Gasteiger partial charge in [-0.15, -0.1) is 0 Å². The van der Waals surface area contributed by atoms with Crippen LogP contribution < -0.4 is 11.1 Å². The van der Waals surface area contributed by atoms with Crippen LogP contribution in [-0.2, 0) is 4.84 Å². The molecule has 28 heavy (non-hydrogen) atoms. The summed E-state index contributed by atoms with van der Waals surface area (Å²) in [7, 11) is 0. The number of aromatic nitrogens is 3. The zero-order valence-electron chi connectivity index (χ0n) is 15.7. The van der Waals surface area contributed by atoms with Gasteiger partial charge in [0.1, 0.15) is 16.9 Å². The van der Waals surface area contributed by atoms with Gasteiger partial charge >= 0.3 is 5.97 Å². The number of H-pyrrole nitrogens is 1. The number of carbonyl (C=O) groups excluding carboxylic acids is 1. The summed E-state index contributed by atoms with van der Waals surface area (Å²) in [6, 6.07) is 0.186. The molecule has 0 aromatic carbocycles. The molecule has 0 radical (unpaired) electrons. The SMILES string of the molecule is C/C(N)=N/OC(=O)c1cnc2[nH]cnc2c1N[C@H]1[C@@H]2CC3C[C@H]1C[C@@](O)(C3)C2. The third-order valence-corrected chi connectivity index (χ3v) is 6.49. The van der Waals surface area contributed by atoms with Crippen molar-refractivity contribution < 1.29 is 14.7 Å². The maximum absolute atomic E-state index is 12.6. The fourth-order valence-electron chi connectivity index (χ4n) is 5.74. The number of fused-ring (bicyclic) bond motifs is 1. The molecule has 4 aliphatic rings. The van der Waals surface area contributed by atoms with E-state index in [9.17, 15) is 9.90 Å². The Bertz CT molecular complexity index is 950. The predicted molar refractivity (Wildman–Crippen MR) is 103 cm³/mol. The number of nitrogens with one attached hydrogen (secondary N) is 2. The molecule has 2 aromatic heterocycles. The third kappa shape index (κ3) is 2.81. The second-order valence-corrected chi connectivity index (χ2v) is 8.62. The van der Waals surface area contributed by atoms with E-state index >= 15 is 0 Å². The van der Waals surface area contributed by atoms with E-state index in [1.54, 1.807) is 13.3 Å². The molecular weight excluding hydrogens is 360 g/mol. The number of amidine groups is 1. The number of aliphatic hydroxyl groups is 1. The van der Waals surface area contributed by atoms with Crippen molar-refractivity contribution in [3.05, 3.63) is 18.1 Å². The summed E-state index contributed by atoms with van der Waals surface area (Å²) in [6.07, 6.45) is 7.80. The number of carbonyl (C=O) groups is 1. The average molecular weight is 384 g/mol. The summed E-state index contributed by atoms with van der Waals surface area (Å²) in [5.74, 6) is 0.894. The lowest BCUT2D eigenvalue weighted by Crippen LogP contribution is -2.59. The van der Waals surface area contributed by atoms with E-state index in [-0.39, 0.29) is 17.4 Å². The van der Waals surface area contributed by atoms with Gasteiger partial charge in [-0.2, -0.15) is 0 Å². The molecule has 9 nitrogen and oxygen atoms in total. The number of nitrogens with two attached hydrogens (primary N) is 1. The molecule has 6 rings (SSSR count). The monoisotopic (exact) mass is 384 g/mol. The Hall–Kier alpha value is -2.68. The highest BCUT2D eigenvalue weighted by Gasteiger charge is 2.54. The molecule has 9 heteroatoms. The number of pyridine rings is 1. The maximum Gasteiger partial charge on any atom is 0.369 e. The van der Waals surface area contributed by atoms with Crippen molar-refractivity contribution in [1.82, 2.24) is 15.0 Å². The molecule has 0 aliphatic heterocycles. The smallest absolute Gasteiger partial charge is 0.369 e. The predicted octanol–water partition coefficient (Wildman–Crippen LogP) is 1.76. The molecule has 4 fully saturated rings. The van der Waals surface area contributed by atoms with Crippen LogP contribution in [0, 0.1) is 17.8 Å². The van der Waals surface area contributed by atoms with E-state index in [4.69, 9.17) is 10.6 Å². The summed E-state index contributed by atoms with van der Waals surface area (Å²) >= 11 is 0. The molecule has 5 N–H and O–H groups in total. The van der Waals surface area contributed by atoms with Crippen molar-refractivity contribution in [3.8, 4) is 0 Å². The van der Waals surface area contributed by atoms with Gasteiger partial charge in [0.05, 0.1) is 17.6 Å². The van der Waals surface area contributed by atoms with E-state index < -0.39 is 11.6 Å². The molecule has 0 amide bonds. The quantitative estimate of drug-likeness (QED) is 0.273. The van der Waals surface area contributed by atoms with Crippen LogP contribution in [0.15, 0.2) is 17.7 Å².